The van der Waals surface area contributed by atoms with Crippen LogP contribution >= 0.6 is 0 Å². The van der Waals surface area contributed by atoms with E-state index in [1.807, 2.05) is 30.3 Å². The Kier molecular flexibility index (Phi) is 2.72. The van der Waals surface area contributed by atoms with Crippen LogP contribution in [0, 0.1) is 0 Å². The maximum Gasteiger partial charge on any atom is 0.272 e. The number of aliphatic hydroxyl groups excluding tert-OH is 1. The lowest BCUT2D eigenvalue weighted by Gasteiger charge is -2.14. The highest BCUT2D eigenvalue weighted by molar-refractivity contribution is 5.95. The Hall–Kier alpha value is -1.94. The molecule has 1 atom stereocenters. The molecule has 1 N–H and O–H groups in total. The number of nitrogens with zero attached hydrogens (tertiary/aromatic N) is 2. The minimum atomic E-state index is -0.394. The molecule has 2 heterocycles. The van der Waals surface area contributed by atoms with Crippen LogP contribution in [0.2, 0.25) is 0 Å². The van der Waals surface area contributed by atoms with Crippen molar-refractivity contribution >= 4 is 16.8 Å². The zero-order chi connectivity index (χ0) is 12.5. The summed E-state index contributed by atoms with van der Waals surface area (Å²) in [6.45, 7) is 1.02. The Bertz CT molecular complexity index is 597. The van der Waals surface area contributed by atoms with Crippen LogP contribution in [-0.4, -0.2) is 40.1 Å². The second kappa shape index (κ2) is 4.38. The SMILES string of the molecule is O=C(c1ccc2ccccc2n1)N1CCC(O)C1. The lowest BCUT2D eigenvalue weighted by atomic mass is 10.2. The Morgan fingerprint density at radius 1 is 1.28 bits per heavy atom. The predicted octanol–water partition coefficient (Wildman–Crippen LogP) is 1.44. The number of carbonyl (C=O) groups is 1. The first-order valence-electron chi connectivity index (χ1n) is 6.07. The van der Waals surface area contributed by atoms with Gasteiger partial charge in [0.05, 0.1) is 11.6 Å². The van der Waals surface area contributed by atoms with Gasteiger partial charge >= 0.3 is 0 Å². The lowest BCUT2D eigenvalue weighted by Crippen LogP contribution is -2.30. The van der Waals surface area contributed by atoms with E-state index in [9.17, 15) is 9.90 Å². The summed E-state index contributed by atoms with van der Waals surface area (Å²) in [5.41, 5.74) is 1.27. The molecule has 1 aromatic heterocycles. The molecule has 4 heteroatoms. The van der Waals surface area contributed by atoms with Crippen LogP contribution in [0.15, 0.2) is 36.4 Å². The summed E-state index contributed by atoms with van der Waals surface area (Å²) < 4.78 is 0. The van der Waals surface area contributed by atoms with Crippen molar-refractivity contribution < 1.29 is 9.90 Å². The number of pyridine rings is 1. The molecular formula is C14H14N2O2. The highest BCUT2D eigenvalue weighted by Crippen LogP contribution is 2.16. The van der Waals surface area contributed by atoms with Crippen LogP contribution in [0.3, 0.4) is 0 Å². The van der Waals surface area contributed by atoms with E-state index in [0.29, 0.717) is 25.2 Å². The van der Waals surface area contributed by atoms with Crippen LogP contribution < -0.4 is 0 Å². The average Bonchev–Trinajstić information content (AvgIpc) is 2.84. The summed E-state index contributed by atoms with van der Waals surface area (Å²) in [6, 6.07) is 11.4. The van der Waals surface area contributed by atoms with Crippen LogP contribution in [0.4, 0.5) is 0 Å². The summed E-state index contributed by atoms with van der Waals surface area (Å²) in [5.74, 6) is -0.0997. The molecule has 92 valence electrons. The number of hydrogen-bond acceptors (Lipinski definition) is 3. The molecule has 1 aromatic carbocycles. The van der Waals surface area contributed by atoms with Crippen molar-refractivity contribution in [3.63, 3.8) is 0 Å². The normalized spacial score (nSPS) is 19.4. The fourth-order valence-electron chi connectivity index (χ4n) is 2.27. The zero-order valence-corrected chi connectivity index (χ0v) is 9.91. The highest BCUT2D eigenvalue weighted by atomic mass is 16.3. The van der Waals surface area contributed by atoms with E-state index in [-0.39, 0.29) is 5.91 Å². The molecule has 0 radical (unpaired) electrons. The highest BCUT2D eigenvalue weighted by Gasteiger charge is 2.26. The minimum absolute atomic E-state index is 0.0997. The third-order valence-corrected chi connectivity index (χ3v) is 3.27. The zero-order valence-electron chi connectivity index (χ0n) is 9.91. The van der Waals surface area contributed by atoms with E-state index in [0.717, 1.165) is 10.9 Å². The predicted molar refractivity (Wildman–Crippen MR) is 68.3 cm³/mol. The molecule has 0 bridgehead atoms. The summed E-state index contributed by atoms with van der Waals surface area (Å²) in [5, 5.41) is 10.5. The Balaban J connectivity index is 1.92. The Morgan fingerprint density at radius 2 is 2.11 bits per heavy atom. The molecule has 1 amide bonds. The molecule has 18 heavy (non-hydrogen) atoms. The minimum Gasteiger partial charge on any atom is -0.391 e. The van der Waals surface area contributed by atoms with Gasteiger partial charge in [-0.3, -0.25) is 4.79 Å². The molecule has 2 aromatic rings. The van der Waals surface area contributed by atoms with Gasteiger partial charge in [0.1, 0.15) is 5.69 Å². The maximum atomic E-state index is 12.2. The van der Waals surface area contributed by atoms with Gasteiger partial charge < -0.3 is 10.0 Å². The fraction of sp³-hybridized carbons (Fsp3) is 0.286. The van der Waals surface area contributed by atoms with Crippen molar-refractivity contribution in [3.05, 3.63) is 42.1 Å². The monoisotopic (exact) mass is 242 g/mol. The standard InChI is InChI=1S/C14H14N2O2/c17-11-7-8-16(9-11)14(18)13-6-5-10-3-1-2-4-12(10)15-13/h1-6,11,17H,7-9H2. The maximum absolute atomic E-state index is 12.2. The van der Waals surface area contributed by atoms with Crippen LogP contribution in [0.1, 0.15) is 16.9 Å². The van der Waals surface area contributed by atoms with E-state index in [2.05, 4.69) is 4.98 Å². The van der Waals surface area contributed by atoms with Crippen molar-refractivity contribution in [3.8, 4) is 0 Å². The van der Waals surface area contributed by atoms with Gasteiger partial charge in [0.2, 0.25) is 0 Å². The molecule has 1 aliphatic rings. The first-order valence-corrected chi connectivity index (χ1v) is 6.07. The van der Waals surface area contributed by atoms with Crippen molar-refractivity contribution in [1.82, 2.24) is 9.88 Å². The number of carbonyl (C=O) groups excluding carboxylic acids is 1. The molecule has 1 saturated heterocycles. The van der Waals surface area contributed by atoms with Gasteiger partial charge in [-0.2, -0.15) is 0 Å². The van der Waals surface area contributed by atoms with E-state index >= 15 is 0 Å². The fourth-order valence-corrected chi connectivity index (χ4v) is 2.27. The second-order valence-electron chi connectivity index (χ2n) is 4.58. The molecule has 1 fully saturated rings. The topological polar surface area (TPSA) is 53.4 Å². The molecular weight excluding hydrogens is 228 g/mol. The van der Waals surface area contributed by atoms with Crippen LogP contribution in [0.5, 0.6) is 0 Å². The van der Waals surface area contributed by atoms with Crippen molar-refractivity contribution in [2.24, 2.45) is 0 Å². The summed E-state index contributed by atoms with van der Waals surface area (Å²) in [6.07, 6.45) is 0.258. The van der Waals surface area contributed by atoms with Crippen molar-refractivity contribution in [1.29, 1.82) is 0 Å². The second-order valence-corrected chi connectivity index (χ2v) is 4.58. The number of amides is 1. The molecule has 0 saturated carbocycles. The number of benzene rings is 1. The first-order chi connectivity index (χ1) is 8.74. The largest absolute Gasteiger partial charge is 0.391 e. The number of aliphatic hydroxyl groups is 1. The average molecular weight is 242 g/mol. The van der Waals surface area contributed by atoms with E-state index in [1.165, 1.54) is 0 Å². The summed E-state index contributed by atoms with van der Waals surface area (Å²) >= 11 is 0. The molecule has 0 aliphatic carbocycles. The van der Waals surface area contributed by atoms with Gasteiger partial charge in [0.15, 0.2) is 0 Å². The first kappa shape index (κ1) is 11.2. The van der Waals surface area contributed by atoms with Gasteiger partial charge in [-0.25, -0.2) is 4.98 Å². The van der Waals surface area contributed by atoms with E-state index in [1.54, 1.807) is 11.0 Å². The number of likely N-dealkylation sites (tertiary alicyclic amines) is 1. The molecule has 3 rings (SSSR count). The summed E-state index contributed by atoms with van der Waals surface area (Å²) in [4.78, 5) is 18.2. The number of rotatable bonds is 1. The Labute approximate surface area is 105 Å². The van der Waals surface area contributed by atoms with Crippen LogP contribution in [0.25, 0.3) is 10.9 Å². The molecule has 1 aliphatic heterocycles. The van der Waals surface area contributed by atoms with Gasteiger partial charge in [-0.05, 0) is 18.6 Å². The number of para-hydroxylation sites is 1. The molecule has 1 unspecified atom stereocenters. The van der Waals surface area contributed by atoms with Gasteiger partial charge in [-0.15, -0.1) is 0 Å². The third-order valence-electron chi connectivity index (χ3n) is 3.27. The van der Waals surface area contributed by atoms with Gasteiger partial charge in [0, 0.05) is 18.5 Å². The molecule has 4 nitrogen and oxygen atoms in total. The number of β-amino-alcohol motifs (C(OH)–C–C–N with tert-alkyl or cyclic N) is 1. The van der Waals surface area contributed by atoms with E-state index in [4.69, 9.17) is 0 Å². The quantitative estimate of drug-likeness (QED) is 0.823. The van der Waals surface area contributed by atoms with Crippen molar-refractivity contribution in [2.75, 3.05) is 13.1 Å². The van der Waals surface area contributed by atoms with E-state index < -0.39 is 6.10 Å². The van der Waals surface area contributed by atoms with Crippen LogP contribution in [-0.2, 0) is 0 Å². The molecule has 0 spiro atoms. The van der Waals surface area contributed by atoms with Gasteiger partial charge in [0.25, 0.3) is 5.91 Å². The lowest BCUT2D eigenvalue weighted by molar-refractivity contribution is 0.0759. The number of aromatic nitrogens is 1. The van der Waals surface area contributed by atoms with Gasteiger partial charge in [-0.1, -0.05) is 24.3 Å². The third kappa shape index (κ3) is 1.95. The smallest absolute Gasteiger partial charge is 0.272 e. The Morgan fingerprint density at radius 3 is 2.89 bits per heavy atom. The van der Waals surface area contributed by atoms with Crippen molar-refractivity contribution in [2.45, 2.75) is 12.5 Å². The number of hydrogen-bond donors (Lipinski definition) is 1. The summed E-state index contributed by atoms with van der Waals surface area (Å²) in [7, 11) is 0. The number of fused-ring (bicyclic) bond motifs is 1.